The van der Waals surface area contributed by atoms with Crippen LogP contribution in [0, 0.1) is 5.82 Å². The first-order valence-corrected chi connectivity index (χ1v) is 7.78. The highest BCUT2D eigenvalue weighted by Crippen LogP contribution is 2.31. The zero-order valence-electron chi connectivity index (χ0n) is 9.09. The van der Waals surface area contributed by atoms with Crippen LogP contribution in [0.4, 0.5) is 4.39 Å². The van der Waals surface area contributed by atoms with Crippen LogP contribution in [0.1, 0.15) is 5.56 Å². The summed E-state index contributed by atoms with van der Waals surface area (Å²) >= 11 is 9.96. The third-order valence-electron chi connectivity index (χ3n) is 2.29. The molecule has 0 aromatic heterocycles. The number of rotatable bonds is 3. The van der Waals surface area contributed by atoms with Crippen LogP contribution in [0.5, 0.6) is 11.5 Å². The van der Waals surface area contributed by atoms with Gasteiger partial charge in [0.25, 0.3) is 0 Å². The molecule has 0 saturated heterocycles. The van der Waals surface area contributed by atoms with E-state index in [9.17, 15) is 4.39 Å². The minimum absolute atomic E-state index is 0.307. The van der Waals surface area contributed by atoms with Crippen LogP contribution in [0.15, 0.2) is 45.3 Å². The fraction of sp³-hybridized carbons (Fsp3) is 0.0769. The summed E-state index contributed by atoms with van der Waals surface area (Å²) in [4.78, 5) is 0. The fourth-order valence-electron chi connectivity index (χ4n) is 1.42. The fourth-order valence-corrected chi connectivity index (χ4v) is 2.62. The molecule has 0 saturated carbocycles. The first kappa shape index (κ1) is 14.0. The third kappa shape index (κ3) is 3.33. The third-order valence-corrected chi connectivity index (χ3v) is 3.99. The quantitative estimate of drug-likeness (QED) is 0.531. The van der Waals surface area contributed by atoms with Gasteiger partial charge in [-0.25, -0.2) is 4.39 Å². The monoisotopic (exact) mass is 436 g/mol. The van der Waals surface area contributed by atoms with E-state index in [0.29, 0.717) is 15.6 Å². The molecular formula is C13H8Br3FO. The van der Waals surface area contributed by atoms with Gasteiger partial charge in [0.15, 0.2) is 0 Å². The van der Waals surface area contributed by atoms with Gasteiger partial charge in [0.1, 0.15) is 17.3 Å². The van der Waals surface area contributed by atoms with E-state index in [1.807, 2.05) is 18.2 Å². The van der Waals surface area contributed by atoms with Crippen LogP contribution in [0.25, 0.3) is 0 Å². The van der Waals surface area contributed by atoms with Crippen molar-refractivity contribution in [1.29, 1.82) is 0 Å². The van der Waals surface area contributed by atoms with Crippen molar-refractivity contribution in [3.63, 3.8) is 0 Å². The van der Waals surface area contributed by atoms with E-state index in [4.69, 9.17) is 4.74 Å². The number of hydrogen-bond acceptors (Lipinski definition) is 1. The molecule has 2 aromatic carbocycles. The number of benzene rings is 2. The van der Waals surface area contributed by atoms with E-state index in [-0.39, 0.29) is 5.82 Å². The van der Waals surface area contributed by atoms with E-state index >= 15 is 0 Å². The van der Waals surface area contributed by atoms with E-state index in [2.05, 4.69) is 47.8 Å². The van der Waals surface area contributed by atoms with Gasteiger partial charge in [-0.05, 0) is 52.3 Å². The minimum atomic E-state index is -0.307. The van der Waals surface area contributed by atoms with Crippen molar-refractivity contribution in [2.75, 3.05) is 0 Å². The summed E-state index contributed by atoms with van der Waals surface area (Å²) in [7, 11) is 0. The van der Waals surface area contributed by atoms with Gasteiger partial charge in [0.05, 0.1) is 4.47 Å². The van der Waals surface area contributed by atoms with Crippen LogP contribution in [0.3, 0.4) is 0 Å². The van der Waals surface area contributed by atoms with Crippen molar-refractivity contribution in [2.45, 2.75) is 5.33 Å². The number of alkyl halides is 1. The van der Waals surface area contributed by atoms with Crippen molar-refractivity contribution < 1.29 is 9.13 Å². The Hall–Kier alpha value is -0.390. The summed E-state index contributed by atoms with van der Waals surface area (Å²) < 4.78 is 20.2. The second-order valence-corrected chi connectivity index (χ2v) is 5.89. The van der Waals surface area contributed by atoms with Crippen molar-refractivity contribution in [3.05, 3.63) is 56.7 Å². The van der Waals surface area contributed by atoms with Crippen molar-refractivity contribution in [1.82, 2.24) is 0 Å². The molecule has 0 aliphatic heterocycles. The van der Waals surface area contributed by atoms with Gasteiger partial charge in [-0.2, -0.15) is 0 Å². The average molecular weight is 439 g/mol. The molecule has 2 rings (SSSR count). The molecule has 2 aromatic rings. The molecule has 0 atom stereocenters. The number of hydrogen-bond donors (Lipinski definition) is 0. The Morgan fingerprint density at radius 3 is 2.50 bits per heavy atom. The van der Waals surface area contributed by atoms with Crippen molar-refractivity contribution in [2.24, 2.45) is 0 Å². The van der Waals surface area contributed by atoms with E-state index < -0.39 is 0 Å². The molecule has 0 spiro atoms. The molecule has 0 aliphatic rings. The lowest BCUT2D eigenvalue weighted by Crippen LogP contribution is -1.90. The molecule has 18 heavy (non-hydrogen) atoms. The Kier molecular flexibility index (Phi) is 4.81. The highest BCUT2D eigenvalue weighted by Gasteiger charge is 2.07. The lowest BCUT2D eigenvalue weighted by atomic mass is 10.2. The largest absolute Gasteiger partial charge is 0.457 e. The van der Waals surface area contributed by atoms with Gasteiger partial charge >= 0.3 is 0 Å². The molecule has 94 valence electrons. The summed E-state index contributed by atoms with van der Waals surface area (Å²) in [6.07, 6.45) is 0. The molecule has 0 heterocycles. The predicted molar refractivity (Wildman–Crippen MR) is 80.9 cm³/mol. The SMILES string of the molecule is Fc1ccc(Oc2ccc(Br)cc2CBr)cc1Br. The number of ether oxygens (including phenoxy) is 1. The molecule has 5 heteroatoms. The molecule has 0 radical (unpaired) electrons. The van der Waals surface area contributed by atoms with Crippen LogP contribution >= 0.6 is 47.8 Å². The smallest absolute Gasteiger partial charge is 0.137 e. The molecule has 0 unspecified atom stereocenters. The van der Waals surface area contributed by atoms with E-state index in [1.54, 1.807) is 12.1 Å². The molecule has 0 aliphatic carbocycles. The van der Waals surface area contributed by atoms with Crippen LogP contribution in [0.2, 0.25) is 0 Å². The highest BCUT2D eigenvalue weighted by molar-refractivity contribution is 9.10. The molecular weight excluding hydrogens is 431 g/mol. The van der Waals surface area contributed by atoms with Crippen LogP contribution in [-0.2, 0) is 5.33 Å². The molecule has 0 amide bonds. The highest BCUT2D eigenvalue weighted by atomic mass is 79.9. The summed E-state index contributed by atoms with van der Waals surface area (Å²) in [5.41, 5.74) is 1.02. The Balaban J connectivity index is 2.30. The Labute approximate surface area is 130 Å². The van der Waals surface area contributed by atoms with Gasteiger partial charge in [0.2, 0.25) is 0 Å². The molecule has 0 N–H and O–H groups in total. The summed E-state index contributed by atoms with van der Waals surface area (Å²) in [6.45, 7) is 0. The Morgan fingerprint density at radius 1 is 1.06 bits per heavy atom. The molecule has 1 nitrogen and oxygen atoms in total. The normalized spacial score (nSPS) is 10.4. The molecule has 0 bridgehead atoms. The van der Waals surface area contributed by atoms with Gasteiger partial charge in [-0.1, -0.05) is 31.9 Å². The van der Waals surface area contributed by atoms with Crippen LogP contribution in [-0.4, -0.2) is 0 Å². The lowest BCUT2D eigenvalue weighted by molar-refractivity contribution is 0.476. The van der Waals surface area contributed by atoms with Gasteiger partial charge in [0, 0.05) is 15.4 Å². The van der Waals surface area contributed by atoms with Gasteiger partial charge in [-0.3, -0.25) is 0 Å². The average Bonchev–Trinajstić information content (AvgIpc) is 2.36. The second-order valence-electron chi connectivity index (χ2n) is 3.56. The first-order valence-electron chi connectivity index (χ1n) is 5.07. The van der Waals surface area contributed by atoms with E-state index in [0.717, 1.165) is 15.8 Å². The summed E-state index contributed by atoms with van der Waals surface area (Å²) in [5.74, 6) is 1.03. The summed E-state index contributed by atoms with van der Waals surface area (Å²) in [5, 5.41) is 0.685. The second kappa shape index (κ2) is 6.17. The maximum absolute atomic E-state index is 13.1. The van der Waals surface area contributed by atoms with Gasteiger partial charge < -0.3 is 4.74 Å². The zero-order chi connectivity index (χ0) is 13.1. The van der Waals surface area contributed by atoms with Crippen molar-refractivity contribution >= 4 is 47.8 Å². The Bertz CT molecular complexity index is 572. The van der Waals surface area contributed by atoms with Gasteiger partial charge in [-0.15, -0.1) is 0 Å². The standard InChI is InChI=1S/C13H8Br3FO/c14-7-8-5-9(15)1-4-13(8)18-10-2-3-12(17)11(16)6-10/h1-6H,7H2. The number of halogens is 4. The topological polar surface area (TPSA) is 9.23 Å². The maximum Gasteiger partial charge on any atom is 0.137 e. The maximum atomic E-state index is 13.1. The van der Waals surface area contributed by atoms with Crippen molar-refractivity contribution in [3.8, 4) is 11.5 Å². The molecule has 0 fully saturated rings. The lowest BCUT2D eigenvalue weighted by Gasteiger charge is -2.10. The Morgan fingerprint density at radius 2 is 1.83 bits per heavy atom. The van der Waals surface area contributed by atoms with Crippen LogP contribution < -0.4 is 4.74 Å². The summed E-state index contributed by atoms with van der Waals surface area (Å²) in [6, 6.07) is 10.3. The first-order chi connectivity index (χ1) is 8.60. The predicted octanol–water partition coefficient (Wildman–Crippen LogP) is 6.04. The minimum Gasteiger partial charge on any atom is -0.457 e. The van der Waals surface area contributed by atoms with E-state index in [1.165, 1.54) is 6.07 Å². The zero-order valence-corrected chi connectivity index (χ0v) is 13.8.